The van der Waals surface area contributed by atoms with E-state index in [0.717, 1.165) is 5.56 Å². The van der Waals surface area contributed by atoms with Crippen molar-refractivity contribution >= 4 is 23.2 Å². The molecular formula is C11H16N2O2S. The molecule has 16 heavy (non-hydrogen) atoms. The van der Waals surface area contributed by atoms with Gasteiger partial charge in [-0.05, 0) is 28.3 Å². The van der Waals surface area contributed by atoms with Crippen molar-refractivity contribution in [1.29, 1.82) is 0 Å². The largest absolute Gasteiger partial charge is 0.348 e. The molecule has 1 heterocycles. The summed E-state index contributed by atoms with van der Waals surface area (Å²) in [6, 6.07) is 1.91. The third kappa shape index (κ3) is 4.44. The average Bonchev–Trinajstić information content (AvgIpc) is 2.75. The maximum absolute atomic E-state index is 11.3. The molecule has 0 atom stereocenters. The molecule has 4 nitrogen and oxygen atoms in total. The zero-order chi connectivity index (χ0) is 12.0. The highest BCUT2D eigenvalue weighted by Gasteiger charge is 2.12. The zero-order valence-electron chi connectivity index (χ0n) is 9.45. The van der Waals surface area contributed by atoms with E-state index in [2.05, 4.69) is 10.6 Å². The highest BCUT2D eigenvalue weighted by Crippen LogP contribution is 2.04. The number of carbonyl (C=O) groups excluding carboxylic acids is 2. The van der Waals surface area contributed by atoms with Gasteiger partial charge in [0.1, 0.15) is 0 Å². The molecule has 0 fully saturated rings. The first kappa shape index (κ1) is 12.7. The van der Waals surface area contributed by atoms with Gasteiger partial charge in [0.2, 0.25) is 0 Å². The van der Waals surface area contributed by atoms with Crippen LogP contribution in [0.2, 0.25) is 0 Å². The summed E-state index contributed by atoms with van der Waals surface area (Å²) >= 11 is 1.56. The second-order valence-electron chi connectivity index (χ2n) is 3.92. The summed E-state index contributed by atoms with van der Waals surface area (Å²) in [6.07, 6.45) is 0. The second kappa shape index (κ2) is 6.27. The fraction of sp³-hybridized carbons (Fsp3) is 0.455. The number of amides is 2. The molecule has 0 aliphatic rings. The number of nitrogens with one attached hydrogen (secondary N) is 2. The summed E-state index contributed by atoms with van der Waals surface area (Å²) < 4.78 is 0. The van der Waals surface area contributed by atoms with Gasteiger partial charge in [-0.3, -0.25) is 9.59 Å². The van der Waals surface area contributed by atoms with Crippen LogP contribution in [0.15, 0.2) is 16.8 Å². The molecule has 0 saturated carbocycles. The Hall–Kier alpha value is -1.36. The molecule has 1 aromatic heterocycles. The van der Waals surface area contributed by atoms with E-state index in [1.54, 1.807) is 11.3 Å². The third-order valence-corrected chi connectivity index (χ3v) is 2.64. The molecule has 5 heteroatoms. The normalized spacial score (nSPS) is 10.2. The Labute approximate surface area is 99.0 Å². The summed E-state index contributed by atoms with van der Waals surface area (Å²) in [7, 11) is 0. The van der Waals surface area contributed by atoms with Gasteiger partial charge in [0.05, 0.1) is 0 Å². The summed E-state index contributed by atoms with van der Waals surface area (Å²) in [5.74, 6) is -0.801. The van der Waals surface area contributed by atoms with Crippen LogP contribution in [0.25, 0.3) is 0 Å². The maximum atomic E-state index is 11.3. The molecule has 2 N–H and O–H groups in total. The number of rotatable bonds is 4. The minimum atomic E-state index is -0.577. The molecule has 0 spiro atoms. The fourth-order valence-corrected chi connectivity index (χ4v) is 1.70. The number of hydrogen-bond acceptors (Lipinski definition) is 3. The van der Waals surface area contributed by atoms with Crippen molar-refractivity contribution < 1.29 is 9.59 Å². The molecule has 0 aliphatic heterocycles. The van der Waals surface area contributed by atoms with E-state index in [-0.39, 0.29) is 0 Å². The Kier molecular flexibility index (Phi) is 4.98. The van der Waals surface area contributed by atoms with Crippen molar-refractivity contribution in [2.45, 2.75) is 20.4 Å². The molecular weight excluding hydrogens is 224 g/mol. The fourth-order valence-electron chi connectivity index (χ4n) is 1.03. The number of carbonyl (C=O) groups is 2. The second-order valence-corrected chi connectivity index (χ2v) is 4.70. The Morgan fingerprint density at radius 3 is 2.56 bits per heavy atom. The first-order valence-electron chi connectivity index (χ1n) is 5.16. The molecule has 1 aromatic rings. The quantitative estimate of drug-likeness (QED) is 0.775. The molecule has 0 bridgehead atoms. The Bertz CT molecular complexity index is 347. The molecule has 0 radical (unpaired) electrons. The SMILES string of the molecule is CC(C)CNC(=O)C(=O)NCc1ccsc1. The predicted octanol–water partition coefficient (Wildman–Crippen LogP) is 1.14. The van der Waals surface area contributed by atoms with E-state index in [9.17, 15) is 9.59 Å². The van der Waals surface area contributed by atoms with Crippen molar-refractivity contribution in [2.75, 3.05) is 6.54 Å². The minimum absolute atomic E-state index is 0.341. The van der Waals surface area contributed by atoms with Crippen LogP contribution in [0.1, 0.15) is 19.4 Å². The molecule has 0 aliphatic carbocycles. The molecule has 88 valence electrons. The van der Waals surface area contributed by atoms with E-state index in [1.165, 1.54) is 0 Å². The van der Waals surface area contributed by atoms with Crippen LogP contribution in [-0.2, 0) is 16.1 Å². The van der Waals surface area contributed by atoms with Gasteiger partial charge in [-0.25, -0.2) is 0 Å². The van der Waals surface area contributed by atoms with Crippen LogP contribution in [-0.4, -0.2) is 18.4 Å². The minimum Gasteiger partial charge on any atom is -0.348 e. The van der Waals surface area contributed by atoms with Gasteiger partial charge in [0, 0.05) is 13.1 Å². The Morgan fingerprint density at radius 1 is 1.31 bits per heavy atom. The standard InChI is InChI=1S/C11H16N2O2S/c1-8(2)5-12-10(14)11(15)13-6-9-3-4-16-7-9/h3-4,7-8H,5-6H2,1-2H3,(H,12,14)(H,13,15). The molecule has 0 aromatic carbocycles. The van der Waals surface area contributed by atoms with Gasteiger partial charge in [-0.15, -0.1) is 0 Å². The number of hydrogen-bond donors (Lipinski definition) is 2. The van der Waals surface area contributed by atoms with E-state index < -0.39 is 11.8 Å². The van der Waals surface area contributed by atoms with Gasteiger partial charge in [-0.2, -0.15) is 11.3 Å². The van der Waals surface area contributed by atoms with Gasteiger partial charge in [-0.1, -0.05) is 13.8 Å². The number of thiophene rings is 1. The molecule has 2 amide bonds. The zero-order valence-corrected chi connectivity index (χ0v) is 10.3. The van der Waals surface area contributed by atoms with E-state index in [1.807, 2.05) is 30.7 Å². The topological polar surface area (TPSA) is 58.2 Å². The molecule has 0 unspecified atom stereocenters. The van der Waals surface area contributed by atoms with Gasteiger partial charge in [0.15, 0.2) is 0 Å². The van der Waals surface area contributed by atoms with Crippen molar-refractivity contribution in [3.05, 3.63) is 22.4 Å². The van der Waals surface area contributed by atoms with Crippen molar-refractivity contribution in [3.8, 4) is 0 Å². The smallest absolute Gasteiger partial charge is 0.309 e. The van der Waals surface area contributed by atoms with Crippen LogP contribution in [0.3, 0.4) is 0 Å². The lowest BCUT2D eigenvalue weighted by atomic mass is 10.2. The predicted molar refractivity (Wildman–Crippen MR) is 64.0 cm³/mol. The average molecular weight is 240 g/mol. The van der Waals surface area contributed by atoms with Crippen LogP contribution >= 0.6 is 11.3 Å². The molecule has 1 rings (SSSR count). The highest BCUT2D eigenvalue weighted by atomic mass is 32.1. The van der Waals surface area contributed by atoms with Gasteiger partial charge in [0.25, 0.3) is 0 Å². The monoisotopic (exact) mass is 240 g/mol. The summed E-state index contributed by atoms with van der Waals surface area (Å²) in [5.41, 5.74) is 1.01. The maximum Gasteiger partial charge on any atom is 0.309 e. The van der Waals surface area contributed by atoms with Crippen molar-refractivity contribution in [1.82, 2.24) is 10.6 Å². The Balaban J connectivity index is 2.26. The lowest BCUT2D eigenvalue weighted by Gasteiger charge is -2.07. The van der Waals surface area contributed by atoms with Gasteiger partial charge >= 0.3 is 11.8 Å². The Morgan fingerprint density at radius 2 is 2.00 bits per heavy atom. The van der Waals surface area contributed by atoms with E-state index in [0.29, 0.717) is 19.0 Å². The van der Waals surface area contributed by atoms with Crippen LogP contribution in [0.5, 0.6) is 0 Å². The van der Waals surface area contributed by atoms with Crippen LogP contribution in [0, 0.1) is 5.92 Å². The lowest BCUT2D eigenvalue weighted by molar-refractivity contribution is -0.139. The van der Waals surface area contributed by atoms with Crippen LogP contribution in [0.4, 0.5) is 0 Å². The van der Waals surface area contributed by atoms with Crippen LogP contribution < -0.4 is 10.6 Å². The summed E-state index contributed by atoms with van der Waals surface area (Å²) in [6.45, 7) is 4.87. The van der Waals surface area contributed by atoms with E-state index in [4.69, 9.17) is 0 Å². The van der Waals surface area contributed by atoms with Crippen molar-refractivity contribution in [3.63, 3.8) is 0 Å². The van der Waals surface area contributed by atoms with E-state index >= 15 is 0 Å². The highest BCUT2D eigenvalue weighted by molar-refractivity contribution is 7.07. The third-order valence-electron chi connectivity index (χ3n) is 1.91. The van der Waals surface area contributed by atoms with Crippen molar-refractivity contribution in [2.24, 2.45) is 5.92 Å². The first-order chi connectivity index (χ1) is 7.59. The first-order valence-corrected chi connectivity index (χ1v) is 6.11. The van der Waals surface area contributed by atoms with Gasteiger partial charge < -0.3 is 10.6 Å². The lowest BCUT2D eigenvalue weighted by Crippen LogP contribution is -2.40. The molecule has 0 saturated heterocycles. The summed E-state index contributed by atoms with van der Waals surface area (Å²) in [4.78, 5) is 22.6. The summed E-state index contributed by atoms with van der Waals surface area (Å²) in [5, 5.41) is 9.00.